The first-order valence-corrected chi connectivity index (χ1v) is 12.3. The lowest BCUT2D eigenvalue weighted by Gasteiger charge is -2.32. The molecule has 1 aromatic heterocycles. The van der Waals surface area contributed by atoms with Gasteiger partial charge in [0.05, 0.1) is 35.6 Å². The van der Waals surface area contributed by atoms with Crippen molar-refractivity contribution in [3.63, 3.8) is 0 Å². The molecule has 2 saturated heterocycles. The number of primary amides is 1. The molecule has 3 aliphatic rings. The van der Waals surface area contributed by atoms with Gasteiger partial charge in [0.25, 0.3) is 5.91 Å². The Hall–Kier alpha value is -2.88. The molecule has 1 aromatic carbocycles. The zero-order valence-electron chi connectivity index (χ0n) is 19.5. The predicted molar refractivity (Wildman–Crippen MR) is 123 cm³/mol. The average Bonchev–Trinajstić information content (AvgIpc) is 3.37. The standard InChI is InChI=1S/C25H30F3N5O2/c26-25(27,28)21-4-2-1-3-19(21)17-7-12-32(14-17)24(35)20-13-30-33(23(20)16-5-6-16)18-8-10-31(11-9-18)15-22(29)34/h1-4,13,16-18H,5-12,14-15H2,(H2,29,34)/t17-/m1/s1. The summed E-state index contributed by atoms with van der Waals surface area (Å²) in [6, 6.07) is 5.82. The number of hydrogen-bond donors (Lipinski definition) is 1. The minimum absolute atomic E-state index is 0.142. The Labute approximate surface area is 202 Å². The van der Waals surface area contributed by atoms with Crippen molar-refractivity contribution < 1.29 is 22.8 Å². The quantitative estimate of drug-likeness (QED) is 0.673. The van der Waals surface area contributed by atoms with Crippen LogP contribution in [0, 0.1) is 0 Å². The van der Waals surface area contributed by atoms with Gasteiger partial charge < -0.3 is 10.6 Å². The molecular formula is C25H30F3N5O2. The Kier molecular flexibility index (Phi) is 6.33. The molecular weight excluding hydrogens is 459 g/mol. The van der Waals surface area contributed by atoms with Gasteiger partial charge in [0.2, 0.25) is 5.91 Å². The van der Waals surface area contributed by atoms with E-state index in [1.807, 2.05) is 9.58 Å². The highest BCUT2D eigenvalue weighted by atomic mass is 19.4. The van der Waals surface area contributed by atoms with E-state index >= 15 is 0 Å². The molecule has 2 aromatic rings. The fourth-order valence-corrected chi connectivity index (χ4v) is 5.61. The molecule has 2 aliphatic heterocycles. The lowest BCUT2D eigenvalue weighted by Crippen LogP contribution is -2.40. The maximum Gasteiger partial charge on any atom is 0.416 e. The van der Waals surface area contributed by atoms with Gasteiger partial charge in [-0.25, -0.2) is 0 Å². The smallest absolute Gasteiger partial charge is 0.369 e. The molecule has 0 unspecified atom stereocenters. The van der Waals surface area contributed by atoms with Crippen LogP contribution in [0.3, 0.4) is 0 Å². The number of nitrogens with zero attached hydrogens (tertiary/aromatic N) is 4. The second kappa shape index (κ2) is 9.29. The van der Waals surface area contributed by atoms with E-state index in [-0.39, 0.29) is 42.4 Å². The third kappa shape index (κ3) is 4.94. The summed E-state index contributed by atoms with van der Waals surface area (Å²) in [5.74, 6) is -0.526. The van der Waals surface area contributed by atoms with Gasteiger partial charge in [-0.1, -0.05) is 18.2 Å². The summed E-state index contributed by atoms with van der Waals surface area (Å²) >= 11 is 0. The van der Waals surface area contributed by atoms with Crippen molar-refractivity contribution in [3.8, 4) is 0 Å². The Morgan fingerprint density at radius 2 is 1.71 bits per heavy atom. The van der Waals surface area contributed by atoms with Gasteiger partial charge in [0.15, 0.2) is 0 Å². The van der Waals surface area contributed by atoms with E-state index < -0.39 is 11.7 Å². The normalized spacial score (nSPS) is 22.0. The number of likely N-dealkylation sites (tertiary alicyclic amines) is 2. The minimum atomic E-state index is -4.42. The minimum Gasteiger partial charge on any atom is -0.369 e. The van der Waals surface area contributed by atoms with Crippen LogP contribution in [-0.4, -0.2) is 64.1 Å². The number of rotatable bonds is 6. The number of amides is 2. The molecule has 2 amide bonds. The first kappa shape index (κ1) is 23.8. The van der Waals surface area contributed by atoms with Crippen LogP contribution < -0.4 is 5.73 Å². The van der Waals surface area contributed by atoms with Gasteiger partial charge >= 0.3 is 6.18 Å². The van der Waals surface area contributed by atoms with E-state index in [9.17, 15) is 22.8 Å². The first-order chi connectivity index (χ1) is 16.7. The molecule has 2 N–H and O–H groups in total. The summed E-state index contributed by atoms with van der Waals surface area (Å²) < 4.78 is 42.6. The van der Waals surface area contributed by atoms with E-state index in [0.717, 1.165) is 50.5 Å². The number of hydrogen-bond acceptors (Lipinski definition) is 4. The van der Waals surface area contributed by atoms with E-state index in [4.69, 9.17) is 5.73 Å². The van der Waals surface area contributed by atoms with Crippen LogP contribution in [0.25, 0.3) is 0 Å². The van der Waals surface area contributed by atoms with Crippen molar-refractivity contribution in [3.05, 3.63) is 52.8 Å². The van der Waals surface area contributed by atoms with Crippen molar-refractivity contribution in [2.24, 2.45) is 5.73 Å². The molecule has 0 bridgehead atoms. The molecule has 1 saturated carbocycles. The monoisotopic (exact) mass is 489 g/mol. The van der Waals surface area contributed by atoms with Gasteiger partial charge in [-0.3, -0.25) is 19.2 Å². The van der Waals surface area contributed by atoms with E-state index in [1.54, 1.807) is 17.2 Å². The van der Waals surface area contributed by atoms with Gasteiger partial charge in [-0.2, -0.15) is 18.3 Å². The van der Waals surface area contributed by atoms with Gasteiger partial charge in [-0.05, 0) is 43.7 Å². The maximum absolute atomic E-state index is 13.5. The van der Waals surface area contributed by atoms with Gasteiger partial charge in [0.1, 0.15) is 0 Å². The first-order valence-electron chi connectivity index (χ1n) is 12.3. The van der Waals surface area contributed by atoms with Crippen LogP contribution in [-0.2, 0) is 11.0 Å². The van der Waals surface area contributed by atoms with Gasteiger partial charge in [0, 0.05) is 38.0 Å². The lowest BCUT2D eigenvalue weighted by atomic mass is 9.93. The molecule has 10 heteroatoms. The second-order valence-electron chi connectivity index (χ2n) is 9.96. The van der Waals surface area contributed by atoms with E-state index in [1.165, 1.54) is 12.1 Å². The molecule has 5 rings (SSSR count). The van der Waals surface area contributed by atoms with Crippen LogP contribution in [0.5, 0.6) is 0 Å². The zero-order valence-corrected chi connectivity index (χ0v) is 19.5. The molecule has 1 aliphatic carbocycles. The Balaban J connectivity index is 1.32. The third-order valence-corrected chi connectivity index (χ3v) is 7.49. The summed E-state index contributed by atoms with van der Waals surface area (Å²) in [7, 11) is 0. The second-order valence-corrected chi connectivity index (χ2v) is 9.96. The number of carbonyl (C=O) groups is 2. The summed E-state index contributed by atoms with van der Waals surface area (Å²) in [4.78, 5) is 28.5. The van der Waals surface area contributed by atoms with Crippen molar-refractivity contribution >= 4 is 11.8 Å². The largest absolute Gasteiger partial charge is 0.416 e. The molecule has 188 valence electrons. The number of nitrogens with two attached hydrogens (primary N) is 1. The van der Waals surface area contributed by atoms with Crippen LogP contribution in [0.1, 0.15) is 77.2 Å². The maximum atomic E-state index is 13.5. The predicted octanol–water partition coefficient (Wildman–Crippen LogP) is 3.53. The van der Waals surface area contributed by atoms with Crippen LogP contribution >= 0.6 is 0 Å². The molecule has 3 heterocycles. The summed E-state index contributed by atoms with van der Waals surface area (Å²) in [5, 5.41) is 4.61. The number of carbonyl (C=O) groups excluding carboxylic acids is 2. The zero-order chi connectivity index (χ0) is 24.7. The molecule has 7 nitrogen and oxygen atoms in total. The van der Waals surface area contributed by atoms with E-state index in [0.29, 0.717) is 24.4 Å². The molecule has 1 atom stereocenters. The van der Waals surface area contributed by atoms with Crippen molar-refractivity contribution in [2.75, 3.05) is 32.7 Å². The lowest BCUT2D eigenvalue weighted by molar-refractivity contribution is -0.138. The number of halogens is 3. The number of benzene rings is 1. The topological polar surface area (TPSA) is 84.5 Å². The van der Waals surface area contributed by atoms with E-state index in [2.05, 4.69) is 5.10 Å². The van der Waals surface area contributed by atoms with Crippen LogP contribution in [0.2, 0.25) is 0 Å². The third-order valence-electron chi connectivity index (χ3n) is 7.49. The van der Waals surface area contributed by atoms with Crippen molar-refractivity contribution in [1.82, 2.24) is 19.6 Å². The van der Waals surface area contributed by atoms with Gasteiger partial charge in [-0.15, -0.1) is 0 Å². The summed E-state index contributed by atoms with van der Waals surface area (Å²) in [6.45, 7) is 2.43. The summed E-state index contributed by atoms with van der Waals surface area (Å²) in [5.41, 5.74) is 6.50. The molecule has 35 heavy (non-hydrogen) atoms. The summed E-state index contributed by atoms with van der Waals surface area (Å²) in [6.07, 6.45) is 1.39. The molecule has 0 spiro atoms. The number of piperidine rings is 1. The molecule has 0 radical (unpaired) electrons. The number of aromatic nitrogens is 2. The Morgan fingerprint density at radius 3 is 2.37 bits per heavy atom. The van der Waals surface area contributed by atoms with Crippen molar-refractivity contribution in [1.29, 1.82) is 0 Å². The molecule has 3 fully saturated rings. The Morgan fingerprint density at radius 1 is 1.00 bits per heavy atom. The van der Waals surface area contributed by atoms with Crippen molar-refractivity contribution in [2.45, 2.75) is 56.2 Å². The Bertz CT molecular complexity index is 1100. The average molecular weight is 490 g/mol. The van der Waals surface area contributed by atoms with Crippen LogP contribution in [0.15, 0.2) is 30.5 Å². The SMILES string of the molecule is NC(=O)CN1CCC(n2ncc(C(=O)N3CC[C@@H](c4ccccc4C(F)(F)F)C3)c2C2CC2)CC1. The fraction of sp³-hybridized carbons (Fsp3) is 0.560. The highest BCUT2D eigenvalue weighted by Gasteiger charge is 2.40. The number of alkyl halides is 3. The fourth-order valence-electron chi connectivity index (χ4n) is 5.61. The van der Waals surface area contributed by atoms with Crippen LogP contribution in [0.4, 0.5) is 13.2 Å². The highest BCUT2D eigenvalue weighted by Crippen LogP contribution is 2.44. The highest BCUT2D eigenvalue weighted by molar-refractivity contribution is 5.95.